The lowest BCUT2D eigenvalue weighted by Crippen LogP contribution is -2.30. The SMILES string of the molecule is CCCCCCCCCCCCCCCCCCCCC(=O)O[C@H](COC(=O)CCCCCCCCCCCCCCC)COP(=O)(O)OC[C@@H](O)COP(=O)(O)OC[C@@H](COC(=O)CCCCCCCCC)OC(=O)CCCCCCCCCCCC. The lowest BCUT2D eigenvalue weighted by atomic mass is 10.0. The van der Waals surface area contributed by atoms with Crippen LogP contribution in [0, 0.1) is 0 Å². The minimum Gasteiger partial charge on any atom is -0.462 e. The van der Waals surface area contributed by atoms with E-state index in [-0.39, 0.29) is 25.7 Å². The van der Waals surface area contributed by atoms with Crippen LogP contribution >= 0.6 is 15.6 Å². The molecule has 0 amide bonds. The summed E-state index contributed by atoms with van der Waals surface area (Å²) in [5.74, 6) is -2.13. The van der Waals surface area contributed by atoms with E-state index in [1.165, 1.54) is 180 Å². The Morgan fingerprint density at radius 1 is 0.273 bits per heavy atom. The topological polar surface area (TPSA) is 237 Å². The summed E-state index contributed by atoms with van der Waals surface area (Å²) in [6, 6.07) is 0. The highest BCUT2D eigenvalue weighted by Crippen LogP contribution is 2.45. The van der Waals surface area contributed by atoms with Gasteiger partial charge < -0.3 is 33.8 Å². The predicted molar refractivity (Wildman–Crippen MR) is 354 cm³/mol. The van der Waals surface area contributed by atoms with E-state index in [1.807, 2.05) is 0 Å². The number of phosphoric acid groups is 2. The number of esters is 4. The Kier molecular flexibility index (Phi) is 62.4. The number of aliphatic hydroxyl groups is 1. The fourth-order valence-corrected chi connectivity index (χ4v) is 12.1. The summed E-state index contributed by atoms with van der Waals surface area (Å²) >= 11 is 0. The molecule has 0 bridgehead atoms. The van der Waals surface area contributed by atoms with Crippen LogP contribution in [0.25, 0.3) is 0 Å². The molecule has 3 N–H and O–H groups in total. The standard InChI is InChI=1S/C69H134O17P2/c1-5-9-13-17-21-24-27-29-30-31-32-33-35-37-40-44-48-52-56-69(74)86-65(60-80-67(72)54-50-46-42-39-36-34-28-25-22-18-14-10-6-2)62-84-88(77,78)82-58-63(70)57-81-87(75,76)83-61-64(59-79-66(71)53-49-45-41-20-16-12-8-4)85-68(73)55-51-47-43-38-26-23-19-15-11-7-3/h63-65,70H,5-62H2,1-4H3,(H,75,76)(H,77,78)/t63-,64+,65+/m0/s1. The van der Waals surface area contributed by atoms with Crippen LogP contribution in [0.15, 0.2) is 0 Å². The maximum atomic E-state index is 13.0. The molecule has 0 aromatic rings. The third-order valence-electron chi connectivity index (χ3n) is 16.1. The van der Waals surface area contributed by atoms with Gasteiger partial charge in [-0.25, -0.2) is 9.13 Å². The van der Waals surface area contributed by atoms with Gasteiger partial charge in [-0.15, -0.1) is 0 Å². The van der Waals surface area contributed by atoms with E-state index in [0.717, 1.165) is 103 Å². The molecular weight excluding hydrogens is 1160 g/mol. The molecule has 2 unspecified atom stereocenters. The summed E-state index contributed by atoms with van der Waals surface area (Å²) in [6.45, 7) is 4.89. The van der Waals surface area contributed by atoms with E-state index in [9.17, 15) is 43.2 Å². The van der Waals surface area contributed by atoms with Crippen LogP contribution in [0.2, 0.25) is 0 Å². The van der Waals surface area contributed by atoms with Gasteiger partial charge in [0.25, 0.3) is 0 Å². The average Bonchev–Trinajstić information content (AvgIpc) is 3.68. The van der Waals surface area contributed by atoms with Crippen LogP contribution in [0.4, 0.5) is 0 Å². The molecule has 0 aromatic carbocycles. The Hall–Kier alpha value is -1.94. The number of hydrogen-bond donors (Lipinski definition) is 3. The molecule has 0 aliphatic carbocycles. The third kappa shape index (κ3) is 62.8. The quantitative estimate of drug-likeness (QED) is 0.0222. The Morgan fingerprint density at radius 3 is 0.670 bits per heavy atom. The van der Waals surface area contributed by atoms with Gasteiger partial charge in [0, 0.05) is 25.7 Å². The summed E-state index contributed by atoms with van der Waals surface area (Å²) in [6.07, 6.45) is 51.4. The Bertz CT molecular complexity index is 1690. The summed E-state index contributed by atoms with van der Waals surface area (Å²) in [7, 11) is -9.89. The van der Waals surface area contributed by atoms with E-state index in [2.05, 4.69) is 27.7 Å². The molecule has 0 aliphatic heterocycles. The first kappa shape index (κ1) is 86.1. The van der Waals surface area contributed by atoms with Crippen molar-refractivity contribution < 1.29 is 80.2 Å². The number of carbonyl (C=O) groups excluding carboxylic acids is 4. The van der Waals surface area contributed by atoms with E-state index in [0.29, 0.717) is 25.7 Å². The van der Waals surface area contributed by atoms with Crippen molar-refractivity contribution in [2.45, 2.75) is 380 Å². The Balaban J connectivity index is 5.18. The van der Waals surface area contributed by atoms with Crippen LogP contribution in [-0.2, 0) is 65.4 Å². The fraction of sp³-hybridized carbons (Fsp3) is 0.942. The van der Waals surface area contributed by atoms with Gasteiger partial charge in [-0.2, -0.15) is 0 Å². The van der Waals surface area contributed by atoms with Gasteiger partial charge in [-0.1, -0.05) is 310 Å². The smallest absolute Gasteiger partial charge is 0.462 e. The second kappa shape index (κ2) is 63.8. The third-order valence-corrected chi connectivity index (χ3v) is 18.0. The maximum absolute atomic E-state index is 13.0. The molecular formula is C69H134O17P2. The average molecular weight is 1300 g/mol. The molecule has 0 saturated carbocycles. The number of ether oxygens (including phenoxy) is 4. The molecule has 0 rings (SSSR count). The minimum atomic E-state index is -4.95. The van der Waals surface area contributed by atoms with Crippen molar-refractivity contribution in [1.29, 1.82) is 0 Å². The van der Waals surface area contributed by atoms with Crippen LogP contribution < -0.4 is 0 Å². The number of hydrogen-bond acceptors (Lipinski definition) is 15. The van der Waals surface area contributed by atoms with Gasteiger partial charge >= 0.3 is 39.5 Å². The van der Waals surface area contributed by atoms with Crippen molar-refractivity contribution in [3.05, 3.63) is 0 Å². The van der Waals surface area contributed by atoms with Crippen LogP contribution in [0.1, 0.15) is 362 Å². The Morgan fingerprint density at radius 2 is 0.455 bits per heavy atom. The summed E-state index contributed by atoms with van der Waals surface area (Å²) < 4.78 is 68.1. The predicted octanol–water partition coefficient (Wildman–Crippen LogP) is 19.9. The molecule has 0 fully saturated rings. The van der Waals surface area contributed by atoms with Crippen molar-refractivity contribution in [2.75, 3.05) is 39.6 Å². The van der Waals surface area contributed by atoms with Crippen molar-refractivity contribution in [3.63, 3.8) is 0 Å². The monoisotopic (exact) mass is 1300 g/mol. The molecule has 522 valence electrons. The van der Waals surface area contributed by atoms with Gasteiger partial charge in [0.05, 0.1) is 26.4 Å². The van der Waals surface area contributed by atoms with Crippen molar-refractivity contribution >= 4 is 39.5 Å². The number of carbonyl (C=O) groups is 4. The van der Waals surface area contributed by atoms with Crippen LogP contribution in [0.5, 0.6) is 0 Å². The number of rotatable bonds is 70. The highest BCUT2D eigenvalue weighted by Gasteiger charge is 2.30. The zero-order valence-electron chi connectivity index (χ0n) is 56.7. The second-order valence-corrected chi connectivity index (χ2v) is 27.8. The van der Waals surface area contributed by atoms with Gasteiger partial charge in [-0.05, 0) is 25.7 Å². The van der Waals surface area contributed by atoms with Crippen LogP contribution in [0.3, 0.4) is 0 Å². The zero-order chi connectivity index (χ0) is 64.7. The Labute approximate surface area is 537 Å². The van der Waals surface area contributed by atoms with Crippen molar-refractivity contribution in [3.8, 4) is 0 Å². The van der Waals surface area contributed by atoms with Gasteiger partial charge in [-0.3, -0.25) is 37.3 Å². The fourth-order valence-electron chi connectivity index (χ4n) is 10.5. The first-order valence-corrected chi connectivity index (χ1v) is 39.3. The van der Waals surface area contributed by atoms with E-state index in [4.69, 9.17) is 37.0 Å². The molecule has 0 saturated heterocycles. The van der Waals surface area contributed by atoms with E-state index in [1.54, 1.807) is 0 Å². The minimum absolute atomic E-state index is 0.107. The molecule has 88 heavy (non-hydrogen) atoms. The largest absolute Gasteiger partial charge is 0.472 e. The normalized spacial score (nSPS) is 14.0. The molecule has 0 spiro atoms. The van der Waals surface area contributed by atoms with Gasteiger partial charge in [0.15, 0.2) is 12.2 Å². The van der Waals surface area contributed by atoms with E-state index >= 15 is 0 Å². The molecule has 0 radical (unpaired) electrons. The first-order valence-electron chi connectivity index (χ1n) is 36.3. The molecule has 5 atom stereocenters. The lowest BCUT2D eigenvalue weighted by Gasteiger charge is -2.21. The van der Waals surface area contributed by atoms with Gasteiger partial charge in [0.1, 0.15) is 19.3 Å². The number of phosphoric ester groups is 2. The van der Waals surface area contributed by atoms with Crippen molar-refractivity contribution in [1.82, 2.24) is 0 Å². The first-order chi connectivity index (χ1) is 42.7. The van der Waals surface area contributed by atoms with Gasteiger partial charge in [0.2, 0.25) is 0 Å². The summed E-state index contributed by atoms with van der Waals surface area (Å²) in [4.78, 5) is 72.3. The second-order valence-electron chi connectivity index (χ2n) is 24.9. The summed E-state index contributed by atoms with van der Waals surface area (Å²) in [5, 5.41) is 10.6. The molecule has 17 nitrogen and oxygen atoms in total. The van der Waals surface area contributed by atoms with E-state index < -0.39 is 97.5 Å². The number of aliphatic hydroxyl groups excluding tert-OH is 1. The summed E-state index contributed by atoms with van der Waals surface area (Å²) in [5.41, 5.74) is 0. The molecule has 0 heterocycles. The van der Waals surface area contributed by atoms with Crippen LogP contribution in [-0.4, -0.2) is 96.7 Å². The zero-order valence-corrected chi connectivity index (χ0v) is 58.5. The lowest BCUT2D eigenvalue weighted by molar-refractivity contribution is -0.161. The highest BCUT2D eigenvalue weighted by atomic mass is 31.2. The molecule has 0 aromatic heterocycles. The molecule has 0 aliphatic rings. The van der Waals surface area contributed by atoms with Crippen molar-refractivity contribution in [2.24, 2.45) is 0 Å². The highest BCUT2D eigenvalue weighted by molar-refractivity contribution is 7.47. The maximum Gasteiger partial charge on any atom is 0.472 e. The molecule has 19 heteroatoms. The number of unbranched alkanes of at least 4 members (excludes halogenated alkanes) is 44.